The van der Waals surface area contributed by atoms with Gasteiger partial charge in [0.2, 0.25) is 0 Å². The van der Waals surface area contributed by atoms with Crippen LogP contribution in [-0.2, 0) is 0 Å². The molecule has 7 aliphatic carbocycles. The Bertz CT molecular complexity index is 396. The Morgan fingerprint density at radius 1 is 0.733 bits per heavy atom. The number of hydrogen-bond donors (Lipinski definition) is 1. The lowest BCUT2D eigenvalue weighted by Crippen LogP contribution is -2.51. The average molecular weight is 200 g/mol. The summed E-state index contributed by atoms with van der Waals surface area (Å²) in [7, 11) is 0. The van der Waals surface area contributed by atoms with Gasteiger partial charge in [-0.05, 0) is 47.8 Å². The van der Waals surface area contributed by atoms with Crippen LogP contribution in [0.2, 0.25) is 0 Å². The average Bonchev–Trinajstić information content (AvgIpc) is 2.55. The maximum Gasteiger partial charge on any atom is 0.0642 e. The second kappa shape index (κ2) is 2.10. The highest BCUT2D eigenvalue weighted by molar-refractivity contribution is 5.31. The van der Waals surface area contributed by atoms with E-state index in [4.69, 9.17) is 0 Å². The Balaban J connectivity index is 1.82. The van der Waals surface area contributed by atoms with E-state index in [-0.39, 0.29) is 6.10 Å². The van der Waals surface area contributed by atoms with E-state index in [0.717, 1.165) is 29.6 Å². The van der Waals surface area contributed by atoms with Gasteiger partial charge in [-0.15, -0.1) is 0 Å². The molecule has 0 aromatic rings. The topological polar surface area (TPSA) is 20.2 Å². The molecule has 0 amide bonds. The molecule has 3 saturated carbocycles. The molecule has 0 aliphatic heterocycles. The van der Waals surface area contributed by atoms with E-state index in [1.807, 2.05) is 0 Å². The number of allylic oxidation sites excluding steroid dienone is 3. The molecular formula is C14H16O. The van der Waals surface area contributed by atoms with Crippen molar-refractivity contribution in [3.63, 3.8) is 0 Å². The Morgan fingerprint density at radius 2 is 1.27 bits per heavy atom. The minimum atomic E-state index is -0.0278. The van der Waals surface area contributed by atoms with Gasteiger partial charge in [0, 0.05) is 5.92 Å². The molecule has 7 rings (SSSR count). The summed E-state index contributed by atoms with van der Waals surface area (Å²) in [5.41, 5.74) is 0. The van der Waals surface area contributed by atoms with Crippen molar-refractivity contribution in [1.82, 2.24) is 0 Å². The molecular weight excluding hydrogens is 184 g/mol. The molecule has 1 nitrogen and oxygen atoms in total. The first-order valence-electron chi connectivity index (χ1n) is 6.41. The molecule has 0 saturated heterocycles. The van der Waals surface area contributed by atoms with Crippen molar-refractivity contribution in [2.24, 2.45) is 47.3 Å². The summed E-state index contributed by atoms with van der Waals surface area (Å²) in [5.74, 6) is 5.94. The molecule has 9 unspecified atom stereocenters. The van der Waals surface area contributed by atoms with Crippen LogP contribution in [0.5, 0.6) is 0 Å². The van der Waals surface area contributed by atoms with Crippen LogP contribution >= 0.6 is 0 Å². The zero-order valence-corrected chi connectivity index (χ0v) is 8.66. The molecule has 0 radical (unpaired) electrons. The van der Waals surface area contributed by atoms with E-state index < -0.39 is 0 Å². The standard InChI is InChI=1S/C14H16O/c15-14-9-4-3-7-10-5-11(9)8-2-1-6(10)12(7)13(8)14/h1-4,6-15H,5H2. The summed E-state index contributed by atoms with van der Waals surface area (Å²) in [6.07, 6.45) is 11.1. The SMILES string of the molecule is OC1C2C=CC3C4CC2C2C=CC4C3C12. The fraction of sp³-hybridized carbons (Fsp3) is 0.714. The van der Waals surface area contributed by atoms with Gasteiger partial charge in [-0.1, -0.05) is 24.3 Å². The minimum Gasteiger partial charge on any atom is -0.392 e. The zero-order chi connectivity index (χ0) is 9.73. The highest BCUT2D eigenvalue weighted by atomic mass is 16.3. The van der Waals surface area contributed by atoms with Gasteiger partial charge < -0.3 is 5.11 Å². The zero-order valence-electron chi connectivity index (χ0n) is 8.66. The number of aliphatic hydroxyl groups is 1. The highest BCUT2D eigenvalue weighted by Crippen LogP contribution is 2.69. The van der Waals surface area contributed by atoms with Crippen molar-refractivity contribution in [3.05, 3.63) is 24.3 Å². The van der Waals surface area contributed by atoms with Gasteiger partial charge in [0.05, 0.1) is 6.10 Å². The maximum absolute atomic E-state index is 10.4. The third kappa shape index (κ3) is 0.616. The Hall–Kier alpha value is -0.560. The Kier molecular flexibility index (Phi) is 1.08. The fourth-order valence-corrected chi connectivity index (χ4v) is 5.74. The normalized spacial score (nSPS) is 70.9. The molecule has 8 bridgehead atoms. The summed E-state index contributed by atoms with van der Waals surface area (Å²) >= 11 is 0. The Morgan fingerprint density at radius 3 is 2.00 bits per heavy atom. The van der Waals surface area contributed by atoms with Crippen LogP contribution in [0.25, 0.3) is 0 Å². The summed E-state index contributed by atoms with van der Waals surface area (Å²) in [4.78, 5) is 0. The molecule has 1 N–H and O–H groups in total. The van der Waals surface area contributed by atoms with Crippen LogP contribution in [-0.4, -0.2) is 11.2 Å². The molecule has 0 heterocycles. The van der Waals surface area contributed by atoms with E-state index in [2.05, 4.69) is 24.3 Å². The van der Waals surface area contributed by atoms with Crippen molar-refractivity contribution < 1.29 is 5.11 Å². The van der Waals surface area contributed by atoms with Crippen molar-refractivity contribution in [2.45, 2.75) is 12.5 Å². The first kappa shape index (κ1) is 7.67. The second-order valence-corrected chi connectivity index (χ2v) is 6.29. The molecule has 0 aromatic heterocycles. The van der Waals surface area contributed by atoms with Gasteiger partial charge in [-0.25, -0.2) is 0 Å². The maximum atomic E-state index is 10.4. The van der Waals surface area contributed by atoms with Crippen molar-refractivity contribution in [1.29, 1.82) is 0 Å². The van der Waals surface area contributed by atoms with Crippen molar-refractivity contribution in [2.75, 3.05) is 0 Å². The summed E-state index contributed by atoms with van der Waals surface area (Å²) in [6.45, 7) is 0. The lowest BCUT2D eigenvalue weighted by Gasteiger charge is -2.54. The van der Waals surface area contributed by atoms with Gasteiger partial charge in [0.25, 0.3) is 0 Å². The van der Waals surface area contributed by atoms with Gasteiger partial charge in [0.1, 0.15) is 0 Å². The molecule has 78 valence electrons. The van der Waals surface area contributed by atoms with Crippen LogP contribution in [0.3, 0.4) is 0 Å². The van der Waals surface area contributed by atoms with Crippen LogP contribution in [0.1, 0.15) is 6.42 Å². The second-order valence-electron chi connectivity index (χ2n) is 6.29. The lowest BCUT2D eigenvalue weighted by atomic mass is 9.51. The number of aliphatic hydroxyl groups excluding tert-OH is 1. The lowest BCUT2D eigenvalue weighted by molar-refractivity contribution is -0.0548. The van der Waals surface area contributed by atoms with Gasteiger partial charge in [0.15, 0.2) is 0 Å². The molecule has 9 atom stereocenters. The van der Waals surface area contributed by atoms with Crippen molar-refractivity contribution in [3.8, 4) is 0 Å². The quantitative estimate of drug-likeness (QED) is 0.592. The van der Waals surface area contributed by atoms with Gasteiger partial charge in [-0.2, -0.15) is 0 Å². The van der Waals surface area contributed by atoms with E-state index >= 15 is 0 Å². The molecule has 15 heavy (non-hydrogen) atoms. The van der Waals surface area contributed by atoms with E-state index in [1.165, 1.54) is 6.42 Å². The number of hydrogen-bond acceptors (Lipinski definition) is 1. The van der Waals surface area contributed by atoms with Gasteiger partial charge >= 0.3 is 0 Å². The third-order valence-electron chi connectivity index (χ3n) is 6.20. The summed E-state index contributed by atoms with van der Waals surface area (Å²) in [6, 6.07) is 0. The van der Waals surface area contributed by atoms with Crippen molar-refractivity contribution >= 4 is 0 Å². The van der Waals surface area contributed by atoms with Crippen LogP contribution < -0.4 is 0 Å². The first-order valence-corrected chi connectivity index (χ1v) is 6.41. The van der Waals surface area contributed by atoms with Crippen LogP contribution in [0.15, 0.2) is 24.3 Å². The molecule has 7 aliphatic rings. The van der Waals surface area contributed by atoms with E-state index in [1.54, 1.807) is 0 Å². The molecule has 3 fully saturated rings. The third-order valence-corrected chi connectivity index (χ3v) is 6.20. The number of rotatable bonds is 0. The minimum absolute atomic E-state index is 0.0278. The molecule has 0 aromatic carbocycles. The smallest absolute Gasteiger partial charge is 0.0642 e. The highest BCUT2D eigenvalue weighted by Gasteiger charge is 2.66. The van der Waals surface area contributed by atoms with E-state index in [0.29, 0.717) is 17.8 Å². The predicted molar refractivity (Wildman–Crippen MR) is 56.8 cm³/mol. The van der Waals surface area contributed by atoms with Crippen LogP contribution in [0.4, 0.5) is 0 Å². The fourth-order valence-electron chi connectivity index (χ4n) is 5.74. The van der Waals surface area contributed by atoms with Gasteiger partial charge in [-0.3, -0.25) is 0 Å². The molecule has 1 heteroatoms. The Labute approximate surface area is 89.9 Å². The monoisotopic (exact) mass is 200 g/mol. The largest absolute Gasteiger partial charge is 0.392 e. The summed E-state index contributed by atoms with van der Waals surface area (Å²) in [5, 5.41) is 10.4. The predicted octanol–water partition coefficient (Wildman–Crippen LogP) is 1.85. The summed E-state index contributed by atoms with van der Waals surface area (Å²) < 4.78 is 0. The first-order chi connectivity index (χ1) is 7.36. The van der Waals surface area contributed by atoms with E-state index in [9.17, 15) is 5.11 Å². The van der Waals surface area contributed by atoms with Crippen LogP contribution in [0, 0.1) is 47.3 Å². The molecule has 0 spiro atoms.